The van der Waals surface area contributed by atoms with Crippen LogP contribution in [0.1, 0.15) is 27.9 Å². The topological polar surface area (TPSA) is 54.0 Å². The van der Waals surface area contributed by atoms with Gasteiger partial charge in [0.1, 0.15) is 10.0 Å². The molecule has 20 heavy (non-hydrogen) atoms. The summed E-state index contributed by atoms with van der Waals surface area (Å²) in [7, 11) is 0. The van der Waals surface area contributed by atoms with Crippen molar-refractivity contribution in [2.24, 2.45) is 0 Å². The Balaban J connectivity index is 2.15. The fourth-order valence-corrected chi connectivity index (χ4v) is 4.71. The van der Waals surface area contributed by atoms with E-state index in [2.05, 4.69) is 22.5 Å². The average molecular weight is 307 g/mol. The first kappa shape index (κ1) is 13.7. The van der Waals surface area contributed by atoms with Crippen LogP contribution >= 0.6 is 22.7 Å². The Labute approximate surface area is 126 Å². The zero-order valence-electron chi connectivity index (χ0n) is 11.8. The Morgan fingerprint density at radius 2 is 2.15 bits per heavy atom. The van der Waals surface area contributed by atoms with Crippen molar-refractivity contribution in [3.63, 3.8) is 0 Å². The van der Waals surface area contributed by atoms with Gasteiger partial charge in [0, 0.05) is 28.8 Å². The maximum absolute atomic E-state index is 11.4. The van der Waals surface area contributed by atoms with Crippen LogP contribution in [0.4, 0.5) is 5.00 Å². The third-order valence-corrected chi connectivity index (χ3v) is 5.70. The van der Waals surface area contributed by atoms with E-state index in [9.17, 15) is 4.79 Å². The van der Waals surface area contributed by atoms with E-state index in [0.29, 0.717) is 0 Å². The molecule has 0 radical (unpaired) electrons. The van der Waals surface area contributed by atoms with Crippen LogP contribution in [0, 0.1) is 13.8 Å². The number of amides is 1. The minimum absolute atomic E-state index is 0.0252. The lowest BCUT2D eigenvalue weighted by atomic mass is 10.0. The molecular formula is C14H17N3OS2. The lowest BCUT2D eigenvalue weighted by Gasteiger charge is -2.13. The number of thiazole rings is 1. The maximum atomic E-state index is 11.4. The zero-order valence-corrected chi connectivity index (χ0v) is 13.4. The molecule has 0 saturated heterocycles. The van der Waals surface area contributed by atoms with Gasteiger partial charge in [-0.2, -0.15) is 0 Å². The van der Waals surface area contributed by atoms with E-state index in [1.54, 1.807) is 29.6 Å². The van der Waals surface area contributed by atoms with Crippen molar-refractivity contribution < 1.29 is 4.79 Å². The summed E-state index contributed by atoms with van der Waals surface area (Å²) in [5.74, 6) is -0.0252. The Hall–Kier alpha value is -1.24. The molecule has 4 nitrogen and oxygen atoms in total. The van der Waals surface area contributed by atoms with Gasteiger partial charge < -0.3 is 10.6 Å². The molecule has 0 unspecified atom stereocenters. The molecule has 0 aromatic carbocycles. The first-order valence-corrected chi connectivity index (χ1v) is 8.27. The van der Waals surface area contributed by atoms with Gasteiger partial charge in [-0.15, -0.1) is 22.7 Å². The molecule has 106 valence electrons. The number of nitrogens with one attached hydrogen (secondary N) is 2. The number of hydrogen-bond acceptors (Lipinski definition) is 5. The lowest BCUT2D eigenvalue weighted by Crippen LogP contribution is -2.22. The normalized spacial score (nSPS) is 14.2. The molecule has 2 aromatic rings. The summed E-state index contributed by atoms with van der Waals surface area (Å²) in [6.07, 6.45) is 0.998. The van der Waals surface area contributed by atoms with Crippen LogP contribution in [0.5, 0.6) is 0 Å². The van der Waals surface area contributed by atoms with Crippen molar-refractivity contribution in [3.8, 4) is 10.6 Å². The highest BCUT2D eigenvalue weighted by molar-refractivity contribution is 7.19. The second-order valence-corrected chi connectivity index (χ2v) is 7.28. The van der Waals surface area contributed by atoms with Crippen LogP contribution in [0.3, 0.4) is 0 Å². The zero-order chi connectivity index (χ0) is 14.3. The van der Waals surface area contributed by atoms with E-state index in [-0.39, 0.29) is 5.91 Å². The molecular weight excluding hydrogens is 290 g/mol. The lowest BCUT2D eigenvalue weighted by molar-refractivity contribution is -0.114. The van der Waals surface area contributed by atoms with Crippen LogP contribution in [0.2, 0.25) is 0 Å². The number of carbonyl (C=O) groups is 1. The molecule has 1 aliphatic rings. The van der Waals surface area contributed by atoms with Crippen LogP contribution in [0.15, 0.2) is 0 Å². The molecule has 0 aliphatic carbocycles. The fourth-order valence-electron chi connectivity index (χ4n) is 2.39. The molecule has 0 saturated carbocycles. The summed E-state index contributed by atoms with van der Waals surface area (Å²) < 4.78 is 0. The molecule has 6 heteroatoms. The van der Waals surface area contributed by atoms with Gasteiger partial charge in [-0.3, -0.25) is 4.79 Å². The van der Waals surface area contributed by atoms with Crippen LogP contribution in [-0.2, 0) is 17.8 Å². The number of nitrogens with zero attached hydrogens (tertiary/aromatic N) is 1. The van der Waals surface area contributed by atoms with Crippen molar-refractivity contribution in [1.82, 2.24) is 10.3 Å². The summed E-state index contributed by atoms with van der Waals surface area (Å²) in [4.78, 5) is 18.7. The number of thiophene rings is 1. The van der Waals surface area contributed by atoms with Crippen LogP contribution < -0.4 is 10.6 Å². The summed E-state index contributed by atoms with van der Waals surface area (Å²) in [5, 5.41) is 8.33. The predicted octanol–water partition coefficient (Wildman–Crippen LogP) is 3.09. The number of aryl methyl sites for hydroxylation is 2. The number of hydrogen-bond donors (Lipinski definition) is 2. The van der Waals surface area contributed by atoms with Gasteiger partial charge in [0.25, 0.3) is 0 Å². The first-order valence-electron chi connectivity index (χ1n) is 6.63. The third kappa shape index (κ3) is 2.39. The van der Waals surface area contributed by atoms with Gasteiger partial charge in [0.05, 0.1) is 5.69 Å². The highest BCUT2D eigenvalue weighted by Crippen LogP contribution is 2.44. The average Bonchev–Trinajstić information content (AvgIpc) is 2.89. The van der Waals surface area contributed by atoms with Crippen molar-refractivity contribution in [1.29, 1.82) is 0 Å². The summed E-state index contributed by atoms with van der Waals surface area (Å²) >= 11 is 3.38. The summed E-state index contributed by atoms with van der Waals surface area (Å²) in [6, 6.07) is 0. The standard InChI is InChI=1S/C14H17N3OS2/c1-7-8(2)19-13(16-7)12-10-4-5-15-6-11(10)20-14(12)17-9(3)18/h15H,4-6H2,1-3H3,(H,17,18). The van der Waals surface area contributed by atoms with Crippen molar-refractivity contribution in [2.45, 2.75) is 33.7 Å². The predicted molar refractivity (Wildman–Crippen MR) is 84.6 cm³/mol. The van der Waals surface area contributed by atoms with Crippen molar-refractivity contribution >= 4 is 33.6 Å². The second-order valence-electron chi connectivity index (χ2n) is 4.98. The maximum Gasteiger partial charge on any atom is 0.221 e. The molecule has 2 aromatic heterocycles. The number of anilines is 1. The smallest absolute Gasteiger partial charge is 0.221 e. The molecule has 3 rings (SSSR count). The van der Waals surface area contributed by atoms with E-state index >= 15 is 0 Å². The summed E-state index contributed by atoms with van der Waals surface area (Å²) in [6.45, 7) is 7.55. The molecule has 2 N–H and O–H groups in total. The Morgan fingerprint density at radius 1 is 1.35 bits per heavy atom. The van der Waals surface area contributed by atoms with Gasteiger partial charge >= 0.3 is 0 Å². The Bertz CT molecular complexity index is 653. The SMILES string of the molecule is CC(=O)Nc1sc2c(c1-c1nc(C)c(C)s1)CCNC2. The van der Waals surface area contributed by atoms with E-state index in [0.717, 1.165) is 40.8 Å². The highest BCUT2D eigenvalue weighted by Gasteiger charge is 2.24. The second kappa shape index (κ2) is 5.27. The van der Waals surface area contributed by atoms with Gasteiger partial charge in [0.15, 0.2) is 0 Å². The van der Waals surface area contributed by atoms with E-state index in [1.807, 2.05) is 6.92 Å². The fraction of sp³-hybridized carbons (Fsp3) is 0.429. The van der Waals surface area contributed by atoms with Crippen molar-refractivity contribution in [3.05, 3.63) is 21.0 Å². The highest BCUT2D eigenvalue weighted by atomic mass is 32.1. The molecule has 0 bridgehead atoms. The quantitative estimate of drug-likeness (QED) is 0.896. The van der Waals surface area contributed by atoms with Crippen LogP contribution in [0.25, 0.3) is 10.6 Å². The molecule has 1 amide bonds. The monoisotopic (exact) mass is 307 g/mol. The van der Waals surface area contributed by atoms with Crippen LogP contribution in [-0.4, -0.2) is 17.4 Å². The summed E-state index contributed by atoms with van der Waals surface area (Å²) in [5.41, 5.74) is 3.57. The molecule has 0 atom stereocenters. The Morgan fingerprint density at radius 3 is 2.80 bits per heavy atom. The van der Waals surface area contributed by atoms with E-state index in [1.165, 1.54) is 15.3 Å². The van der Waals surface area contributed by atoms with Crippen molar-refractivity contribution in [2.75, 3.05) is 11.9 Å². The minimum atomic E-state index is -0.0252. The molecule has 0 spiro atoms. The first-order chi connectivity index (χ1) is 9.56. The third-order valence-electron chi connectivity index (χ3n) is 3.46. The molecule has 0 fully saturated rings. The van der Waals surface area contributed by atoms with Gasteiger partial charge in [-0.25, -0.2) is 4.98 Å². The molecule has 1 aliphatic heterocycles. The number of aromatic nitrogens is 1. The minimum Gasteiger partial charge on any atom is -0.317 e. The van der Waals surface area contributed by atoms with Gasteiger partial charge in [-0.1, -0.05) is 0 Å². The number of fused-ring (bicyclic) bond motifs is 1. The number of rotatable bonds is 2. The van der Waals surface area contributed by atoms with Gasteiger partial charge in [0.2, 0.25) is 5.91 Å². The largest absolute Gasteiger partial charge is 0.317 e. The van der Waals surface area contributed by atoms with Gasteiger partial charge in [-0.05, 0) is 32.4 Å². The number of carbonyl (C=O) groups excluding carboxylic acids is 1. The Kier molecular flexibility index (Phi) is 3.62. The van der Waals surface area contributed by atoms with E-state index in [4.69, 9.17) is 0 Å². The van der Waals surface area contributed by atoms with E-state index < -0.39 is 0 Å². The molecule has 3 heterocycles.